The third-order valence-electron chi connectivity index (χ3n) is 2.14. The number of fused-ring (bicyclic) bond motifs is 1. The molecule has 0 atom stereocenters. The molecule has 2 nitrogen and oxygen atoms in total. The number of aromatic hydroxyl groups is 1. The lowest BCUT2D eigenvalue weighted by molar-refractivity contribution is 0.316. The van der Waals surface area contributed by atoms with Crippen LogP contribution in [0.5, 0.6) is 11.5 Å². The van der Waals surface area contributed by atoms with Crippen LogP contribution in [0.1, 0.15) is 18.4 Å². The second-order valence-electron chi connectivity index (χ2n) is 3.10. The Morgan fingerprint density at radius 2 is 2.17 bits per heavy atom. The molecule has 0 radical (unpaired) electrons. The Morgan fingerprint density at radius 3 is 3.08 bits per heavy atom. The second-order valence-corrected chi connectivity index (χ2v) is 3.10. The standard InChI is InChI=1S/C10H12O2/c11-9-4-5-10-8(7-9)3-1-2-6-12-10/h4-5,7,11H,1-3,6H2. The van der Waals surface area contributed by atoms with Crippen LogP contribution in [-0.4, -0.2) is 11.7 Å². The van der Waals surface area contributed by atoms with E-state index in [0.29, 0.717) is 5.75 Å². The van der Waals surface area contributed by atoms with Crippen LogP contribution in [0.3, 0.4) is 0 Å². The van der Waals surface area contributed by atoms with Crippen LogP contribution in [0.15, 0.2) is 18.2 Å². The SMILES string of the molecule is Oc1ccc2c(c1)CCCCO2. The van der Waals surface area contributed by atoms with E-state index in [1.807, 2.05) is 6.07 Å². The van der Waals surface area contributed by atoms with Gasteiger partial charge in [0.25, 0.3) is 0 Å². The Hall–Kier alpha value is -1.18. The van der Waals surface area contributed by atoms with E-state index in [-0.39, 0.29) is 0 Å². The van der Waals surface area contributed by atoms with E-state index in [1.54, 1.807) is 12.1 Å². The molecule has 1 N–H and O–H groups in total. The number of hydrogen-bond donors (Lipinski definition) is 1. The highest BCUT2D eigenvalue weighted by molar-refractivity contribution is 5.40. The first kappa shape index (κ1) is 7.47. The molecule has 0 saturated carbocycles. The van der Waals surface area contributed by atoms with Crippen molar-refractivity contribution in [3.63, 3.8) is 0 Å². The first-order valence-corrected chi connectivity index (χ1v) is 4.31. The van der Waals surface area contributed by atoms with E-state index in [1.165, 1.54) is 0 Å². The summed E-state index contributed by atoms with van der Waals surface area (Å²) in [5.41, 5.74) is 1.13. The predicted octanol–water partition coefficient (Wildman–Crippen LogP) is 2.11. The zero-order chi connectivity index (χ0) is 8.39. The zero-order valence-corrected chi connectivity index (χ0v) is 6.92. The smallest absolute Gasteiger partial charge is 0.122 e. The maximum Gasteiger partial charge on any atom is 0.122 e. The Kier molecular flexibility index (Phi) is 1.90. The number of rotatable bonds is 0. The molecule has 0 bridgehead atoms. The molecule has 1 heterocycles. The number of hydrogen-bond acceptors (Lipinski definition) is 2. The van der Waals surface area contributed by atoms with Crippen LogP contribution in [-0.2, 0) is 6.42 Å². The van der Waals surface area contributed by atoms with Crippen LogP contribution in [0.2, 0.25) is 0 Å². The summed E-state index contributed by atoms with van der Waals surface area (Å²) in [5.74, 6) is 1.27. The molecule has 12 heavy (non-hydrogen) atoms. The summed E-state index contributed by atoms with van der Waals surface area (Å²) < 4.78 is 5.49. The van der Waals surface area contributed by atoms with Crippen LogP contribution in [0.4, 0.5) is 0 Å². The summed E-state index contributed by atoms with van der Waals surface area (Å²) in [6.45, 7) is 0.803. The van der Waals surface area contributed by atoms with Crippen LogP contribution < -0.4 is 4.74 Å². The lowest BCUT2D eigenvalue weighted by Gasteiger charge is -2.05. The monoisotopic (exact) mass is 164 g/mol. The summed E-state index contributed by atoms with van der Waals surface area (Å²) in [6, 6.07) is 5.31. The van der Waals surface area contributed by atoms with Gasteiger partial charge in [-0.3, -0.25) is 0 Å². The molecule has 0 unspecified atom stereocenters. The third kappa shape index (κ3) is 1.37. The number of aryl methyl sites for hydroxylation is 1. The van der Waals surface area contributed by atoms with Crippen LogP contribution in [0, 0.1) is 0 Å². The lowest BCUT2D eigenvalue weighted by atomic mass is 10.1. The average molecular weight is 164 g/mol. The molecule has 0 spiro atoms. The molecule has 64 valence electrons. The number of benzene rings is 1. The topological polar surface area (TPSA) is 29.5 Å². The highest BCUT2D eigenvalue weighted by Crippen LogP contribution is 2.27. The summed E-state index contributed by atoms with van der Waals surface area (Å²) in [6.07, 6.45) is 3.27. The van der Waals surface area contributed by atoms with Gasteiger partial charge in [0.1, 0.15) is 11.5 Å². The Balaban J connectivity index is 2.36. The van der Waals surface area contributed by atoms with Gasteiger partial charge in [0, 0.05) is 0 Å². The van der Waals surface area contributed by atoms with Crippen molar-refractivity contribution < 1.29 is 9.84 Å². The number of phenolic OH excluding ortho intramolecular Hbond substituents is 1. The van der Waals surface area contributed by atoms with E-state index in [9.17, 15) is 5.11 Å². The molecule has 1 aliphatic rings. The lowest BCUT2D eigenvalue weighted by Crippen LogP contribution is -1.93. The largest absolute Gasteiger partial charge is 0.508 e. The molecule has 1 aromatic rings. The van der Waals surface area contributed by atoms with Gasteiger partial charge >= 0.3 is 0 Å². The fourth-order valence-corrected chi connectivity index (χ4v) is 1.50. The molecule has 2 heteroatoms. The second kappa shape index (κ2) is 3.05. The van der Waals surface area contributed by atoms with Crippen LogP contribution in [0.25, 0.3) is 0 Å². The highest BCUT2D eigenvalue weighted by Gasteiger charge is 2.08. The normalized spacial score (nSPS) is 16.0. The minimum absolute atomic E-state index is 0.333. The molecular weight excluding hydrogens is 152 g/mol. The highest BCUT2D eigenvalue weighted by atomic mass is 16.5. The Bertz CT molecular complexity index is 281. The predicted molar refractivity (Wildman–Crippen MR) is 46.5 cm³/mol. The van der Waals surface area contributed by atoms with Crippen molar-refractivity contribution in [1.29, 1.82) is 0 Å². The van der Waals surface area contributed by atoms with Crippen molar-refractivity contribution in [2.45, 2.75) is 19.3 Å². The summed E-state index contributed by atoms with van der Waals surface area (Å²) in [7, 11) is 0. The van der Waals surface area contributed by atoms with Crippen molar-refractivity contribution in [1.82, 2.24) is 0 Å². The molecular formula is C10H12O2. The molecule has 1 aliphatic heterocycles. The van der Waals surface area contributed by atoms with Crippen molar-refractivity contribution in [2.75, 3.05) is 6.61 Å². The zero-order valence-electron chi connectivity index (χ0n) is 6.92. The summed E-state index contributed by atoms with van der Waals surface area (Å²) in [5, 5.41) is 9.22. The van der Waals surface area contributed by atoms with Gasteiger partial charge in [-0.25, -0.2) is 0 Å². The van der Waals surface area contributed by atoms with Gasteiger partial charge in [-0.15, -0.1) is 0 Å². The molecule has 0 aromatic heterocycles. The van der Waals surface area contributed by atoms with Gasteiger partial charge in [-0.2, -0.15) is 0 Å². The minimum atomic E-state index is 0.333. The minimum Gasteiger partial charge on any atom is -0.508 e. The molecule has 1 aromatic carbocycles. The van der Waals surface area contributed by atoms with Crippen molar-refractivity contribution in [2.24, 2.45) is 0 Å². The fourth-order valence-electron chi connectivity index (χ4n) is 1.50. The summed E-state index contributed by atoms with van der Waals surface area (Å²) >= 11 is 0. The van der Waals surface area contributed by atoms with E-state index in [0.717, 1.165) is 37.2 Å². The molecule has 0 amide bonds. The van der Waals surface area contributed by atoms with Crippen molar-refractivity contribution in [3.05, 3.63) is 23.8 Å². The molecule has 0 saturated heterocycles. The average Bonchev–Trinajstić information content (AvgIpc) is 2.28. The van der Waals surface area contributed by atoms with E-state index < -0.39 is 0 Å². The van der Waals surface area contributed by atoms with Crippen LogP contribution >= 0.6 is 0 Å². The molecule has 2 rings (SSSR count). The summed E-state index contributed by atoms with van der Waals surface area (Å²) in [4.78, 5) is 0. The fraction of sp³-hybridized carbons (Fsp3) is 0.400. The number of phenols is 1. The maximum absolute atomic E-state index is 9.22. The van der Waals surface area contributed by atoms with Gasteiger partial charge in [0.15, 0.2) is 0 Å². The Labute approximate surface area is 71.8 Å². The number of ether oxygens (including phenoxy) is 1. The van der Waals surface area contributed by atoms with Gasteiger partial charge in [-0.1, -0.05) is 0 Å². The molecule has 0 aliphatic carbocycles. The Morgan fingerprint density at radius 1 is 1.25 bits per heavy atom. The van der Waals surface area contributed by atoms with E-state index >= 15 is 0 Å². The van der Waals surface area contributed by atoms with Gasteiger partial charge in [-0.05, 0) is 43.0 Å². The van der Waals surface area contributed by atoms with E-state index in [4.69, 9.17) is 4.74 Å². The van der Waals surface area contributed by atoms with Gasteiger partial charge in [0.2, 0.25) is 0 Å². The van der Waals surface area contributed by atoms with Crippen molar-refractivity contribution in [3.8, 4) is 11.5 Å². The van der Waals surface area contributed by atoms with Gasteiger partial charge in [0.05, 0.1) is 6.61 Å². The third-order valence-corrected chi connectivity index (χ3v) is 2.14. The molecule has 0 fully saturated rings. The van der Waals surface area contributed by atoms with Gasteiger partial charge < -0.3 is 9.84 Å². The maximum atomic E-state index is 9.22. The van der Waals surface area contributed by atoms with E-state index in [2.05, 4.69) is 0 Å². The first-order chi connectivity index (χ1) is 5.86. The van der Waals surface area contributed by atoms with Crippen molar-refractivity contribution >= 4 is 0 Å². The quantitative estimate of drug-likeness (QED) is 0.636. The first-order valence-electron chi connectivity index (χ1n) is 4.31.